The second-order valence-corrected chi connectivity index (χ2v) is 4.16. The van der Waals surface area contributed by atoms with Crippen LogP contribution in [0.2, 0.25) is 0 Å². The van der Waals surface area contributed by atoms with Crippen LogP contribution in [0.15, 0.2) is 16.6 Å². The third-order valence-electron chi connectivity index (χ3n) is 2.11. The van der Waals surface area contributed by atoms with E-state index in [2.05, 4.69) is 15.9 Å². The fourth-order valence-corrected chi connectivity index (χ4v) is 1.94. The van der Waals surface area contributed by atoms with Gasteiger partial charge in [-0.2, -0.15) is 0 Å². The quantitative estimate of drug-likeness (QED) is 0.865. The summed E-state index contributed by atoms with van der Waals surface area (Å²) in [6, 6.07) is 3.75. The third kappa shape index (κ3) is 3.48. The van der Waals surface area contributed by atoms with Gasteiger partial charge in [0.05, 0.1) is 6.61 Å². The standard InChI is InChI=1S/C11H16BrNO2/c1-2-15-7-9-6-10(12)5-8(3-4-13)11(9)14/h5-6,14H,2-4,7,13H2,1H3. The predicted molar refractivity (Wildman–Crippen MR) is 63.9 cm³/mol. The summed E-state index contributed by atoms with van der Waals surface area (Å²) in [5.74, 6) is 0.303. The number of rotatable bonds is 5. The van der Waals surface area contributed by atoms with E-state index in [1.807, 2.05) is 19.1 Å². The van der Waals surface area contributed by atoms with Crippen molar-refractivity contribution in [3.8, 4) is 5.75 Å². The number of phenols is 1. The van der Waals surface area contributed by atoms with E-state index in [4.69, 9.17) is 10.5 Å². The minimum absolute atomic E-state index is 0.303. The largest absolute Gasteiger partial charge is 0.507 e. The first kappa shape index (κ1) is 12.5. The van der Waals surface area contributed by atoms with Crippen molar-refractivity contribution in [1.29, 1.82) is 0 Å². The number of aromatic hydroxyl groups is 1. The van der Waals surface area contributed by atoms with E-state index in [-0.39, 0.29) is 0 Å². The fraction of sp³-hybridized carbons (Fsp3) is 0.455. The summed E-state index contributed by atoms with van der Waals surface area (Å²) < 4.78 is 6.22. The number of benzene rings is 1. The lowest BCUT2D eigenvalue weighted by atomic mass is 10.1. The van der Waals surface area contributed by atoms with Crippen molar-refractivity contribution in [3.63, 3.8) is 0 Å². The molecule has 0 saturated heterocycles. The number of hydrogen-bond acceptors (Lipinski definition) is 3. The average Bonchev–Trinajstić information content (AvgIpc) is 2.21. The van der Waals surface area contributed by atoms with E-state index in [0.29, 0.717) is 31.9 Å². The molecule has 4 heteroatoms. The lowest BCUT2D eigenvalue weighted by Crippen LogP contribution is -2.04. The maximum atomic E-state index is 9.91. The van der Waals surface area contributed by atoms with Crippen LogP contribution in [0.4, 0.5) is 0 Å². The average molecular weight is 274 g/mol. The Labute approximate surface area is 98.4 Å². The zero-order valence-corrected chi connectivity index (χ0v) is 10.4. The first-order valence-electron chi connectivity index (χ1n) is 4.97. The van der Waals surface area contributed by atoms with Crippen LogP contribution in [0.25, 0.3) is 0 Å². The Morgan fingerprint density at radius 2 is 2.07 bits per heavy atom. The first-order valence-corrected chi connectivity index (χ1v) is 5.76. The Balaban J connectivity index is 2.93. The zero-order valence-electron chi connectivity index (χ0n) is 8.79. The number of halogens is 1. The van der Waals surface area contributed by atoms with Crippen LogP contribution in [0, 0.1) is 0 Å². The Kier molecular flexibility index (Phi) is 5.08. The molecule has 1 aromatic carbocycles. The number of ether oxygens (including phenoxy) is 1. The second kappa shape index (κ2) is 6.10. The number of phenolic OH excluding ortho intramolecular Hbond substituents is 1. The summed E-state index contributed by atoms with van der Waals surface area (Å²) >= 11 is 3.40. The molecule has 1 rings (SSSR count). The van der Waals surface area contributed by atoms with Gasteiger partial charge < -0.3 is 15.6 Å². The van der Waals surface area contributed by atoms with E-state index < -0.39 is 0 Å². The molecule has 0 fully saturated rings. The normalized spacial score (nSPS) is 10.6. The summed E-state index contributed by atoms with van der Waals surface area (Å²) in [4.78, 5) is 0. The highest BCUT2D eigenvalue weighted by Gasteiger charge is 2.08. The highest BCUT2D eigenvalue weighted by molar-refractivity contribution is 9.10. The highest BCUT2D eigenvalue weighted by Crippen LogP contribution is 2.28. The van der Waals surface area contributed by atoms with Crippen LogP contribution < -0.4 is 5.73 Å². The molecule has 0 atom stereocenters. The summed E-state index contributed by atoms with van der Waals surface area (Å²) in [6.45, 7) is 3.52. The lowest BCUT2D eigenvalue weighted by Gasteiger charge is -2.10. The van der Waals surface area contributed by atoms with Crippen LogP contribution in [-0.4, -0.2) is 18.3 Å². The van der Waals surface area contributed by atoms with Gasteiger partial charge >= 0.3 is 0 Å². The Hall–Kier alpha value is -0.580. The SMILES string of the molecule is CCOCc1cc(Br)cc(CCN)c1O. The molecule has 0 aliphatic rings. The molecule has 0 spiro atoms. The zero-order chi connectivity index (χ0) is 11.3. The summed E-state index contributed by atoms with van der Waals surface area (Å²) in [6.07, 6.45) is 0.671. The third-order valence-corrected chi connectivity index (χ3v) is 2.57. The molecule has 0 aromatic heterocycles. The van der Waals surface area contributed by atoms with Gasteiger partial charge in [0.1, 0.15) is 5.75 Å². The van der Waals surface area contributed by atoms with Gasteiger partial charge in [0, 0.05) is 16.6 Å². The summed E-state index contributed by atoms with van der Waals surface area (Å²) in [7, 11) is 0. The molecule has 15 heavy (non-hydrogen) atoms. The van der Waals surface area contributed by atoms with Gasteiger partial charge in [-0.15, -0.1) is 0 Å². The van der Waals surface area contributed by atoms with E-state index in [1.54, 1.807) is 0 Å². The van der Waals surface area contributed by atoms with Gasteiger partial charge in [-0.05, 0) is 37.6 Å². The molecule has 0 saturated carbocycles. The number of nitrogens with two attached hydrogens (primary N) is 1. The molecule has 0 heterocycles. The van der Waals surface area contributed by atoms with Crippen LogP contribution in [0.1, 0.15) is 18.1 Å². The van der Waals surface area contributed by atoms with E-state index in [1.165, 1.54) is 0 Å². The first-order chi connectivity index (χ1) is 7.19. The van der Waals surface area contributed by atoms with E-state index in [9.17, 15) is 5.11 Å². The van der Waals surface area contributed by atoms with Crippen molar-refractivity contribution >= 4 is 15.9 Å². The molecule has 84 valence electrons. The minimum Gasteiger partial charge on any atom is -0.507 e. The molecule has 0 unspecified atom stereocenters. The molecule has 0 amide bonds. The molecular formula is C11H16BrNO2. The Bertz CT molecular complexity index is 329. The van der Waals surface area contributed by atoms with Crippen LogP contribution in [0.3, 0.4) is 0 Å². The summed E-state index contributed by atoms with van der Waals surface area (Å²) in [5.41, 5.74) is 7.14. The highest BCUT2D eigenvalue weighted by atomic mass is 79.9. The molecule has 0 aliphatic carbocycles. The maximum Gasteiger partial charge on any atom is 0.124 e. The van der Waals surface area contributed by atoms with Gasteiger partial charge in [-0.25, -0.2) is 0 Å². The van der Waals surface area contributed by atoms with Crippen molar-refractivity contribution in [1.82, 2.24) is 0 Å². The molecule has 0 aliphatic heterocycles. The Morgan fingerprint density at radius 1 is 1.40 bits per heavy atom. The van der Waals surface area contributed by atoms with Crippen molar-refractivity contribution < 1.29 is 9.84 Å². The van der Waals surface area contributed by atoms with Crippen molar-refractivity contribution in [2.75, 3.05) is 13.2 Å². The number of hydrogen-bond donors (Lipinski definition) is 2. The van der Waals surface area contributed by atoms with Gasteiger partial charge in [0.25, 0.3) is 0 Å². The minimum atomic E-state index is 0.303. The van der Waals surface area contributed by atoms with Gasteiger partial charge in [0.2, 0.25) is 0 Å². The van der Waals surface area contributed by atoms with Gasteiger partial charge in [0.15, 0.2) is 0 Å². The molecule has 3 N–H and O–H groups in total. The topological polar surface area (TPSA) is 55.5 Å². The van der Waals surface area contributed by atoms with Gasteiger partial charge in [-0.1, -0.05) is 15.9 Å². The molecule has 1 aromatic rings. The predicted octanol–water partition coefficient (Wildman–Crippen LogP) is 2.19. The monoisotopic (exact) mass is 273 g/mol. The maximum absolute atomic E-state index is 9.91. The van der Waals surface area contributed by atoms with Crippen molar-refractivity contribution in [2.45, 2.75) is 20.0 Å². The second-order valence-electron chi connectivity index (χ2n) is 3.25. The van der Waals surface area contributed by atoms with Crippen LogP contribution >= 0.6 is 15.9 Å². The molecule has 0 radical (unpaired) electrons. The molecule has 3 nitrogen and oxygen atoms in total. The lowest BCUT2D eigenvalue weighted by molar-refractivity contribution is 0.132. The molecule has 0 bridgehead atoms. The van der Waals surface area contributed by atoms with Crippen LogP contribution in [0.5, 0.6) is 5.75 Å². The fourth-order valence-electron chi connectivity index (χ4n) is 1.39. The van der Waals surface area contributed by atoms with E-state index >= 15 is 0 Å². The van der Waals surface area contributed by atoms with Crippen LogP contribution in [-0.2, 0) is 17.8 Å². The smallest absolute Gasteiger partial charge is 0.124 e. The summed E-state index contributed by atoms with van der Waals surface area (Å²) in [5, 5.41) is 9.91. The molecular weight excluding hydrogens is 258 g/mol. The van der Waals surface area contributed by atoms with E-state index in [0.717, 1.165) is 15.6 Å². The Morgan fingerprint density at radius 3 is 2.67 bits per heavy atom. The van der Waals surface area contributed by atoms with Gasteiger partial charge in [-0.3, -0.25) is 0 Å². The van der Waals surface area contributed by atoms with Crippen molar-refractivity contribution in [2.24, 2.45) is 5.73 Å². The van der Waals surface area contributed by atoms with Crippen molar-refractivity contribution in [3.05, 3.63) is 27.7 Å².